The van der Waals surface area contributed by atoms with Crippen LogP contribution in [0.1, 0.15) is 22.3 Å². The quantitative estimate of drug-likeness (QED) is 0.221. The van der Waals surface area contributed by atoms with E-state index in [2.05, 4.69) is 28.1 Å². The fourth-order valence-corrected chi connectivity index (χ4v) is 4.24. The number of amides is 1. The van der Waals surface area contributed by atoms with Crippen molar-refractivity contribution in [1.82, 2.24) is 10.6 Å². The molecule has 168 valence electrons. The number of rotatable bonds is 5. The molecule has 1 unspecified atom stereocenters. The highest BCUT2D eigenvalue weighted by Gasteiger charge is 2.34. The summed E-state index contributed by atoms with van der Waals surface area (Å²) in [7, 11) is 0. The fourth-order valence-electron chi connectivity index (χ4n) is 3.69. The molecule has 4 nitrogen and oxygen atoms in total. The van der Waals surface area contributed by atoms with Crippen LogP contribution < -0.4 is 16.0 Å². The van der Waals surface area contributed by atoms with Crippen LogP contribution in [-0.4, -0.2) is 21.0 Å². The van der Waals surface area contributed by atoms with E-state index < -0.39 is 9.96 Å². The minimum Gasteiger partial charge on any atom is -0.339 e. The minimum absolute atomic E-state index is 0.136. The predicted molar refractivity (Wildman–Crippen MR) is 140 cm³/mol. The number of carbonyl (C=O) groups is 1. The Morgan fingerprint density at radius 1 is 0.969 bits per heavy atom. The van der Waals surface area contributed by atoms with Crippen molar-refractivity contribution in [2.45, 2.75) is 37.2 Å². The molecule has 0 bridgehead atoms. The monoisotopic (exact) mass is 507 g/mol. The van der Waals surface area contributed by atoms with Crippen molar-refractivity contribution in [1.29, 1.82) is 0 Å². The van der Waals surface area contributed by atoms with Crippen molar-refractivity contribution in [2.75, 3.05) is 5.32 Å². The number of nitrogens with one attached hydrogen (secondary N) is 3. The zero-order chi connectivity index (χ0) is 23.5. The highest BCUT2D eigenvalue weighted by atomic mass is 35.6. The van der Waals surface area contributed by atoms with Crippen molar-refractivity contribution in [2.24, 2.45) is 0 Å². The Balaban J connectivity index is 1.71. The topological polar surface area (TPSA) is 53.2 Å². The molecule has 3 aromatic carbocycles. The molecule has 0 aliphatic rings. The average molecular weight is 509 g/mol. The Morgan fingerprint density at radius 2 is 1.59 bits per heavy atom. The number of benzene rings is 3. The summed E-state index contributed by atoms with van der Waals surface area (Å²) in [5.41, 5.74) is 4.99. The summed E-state index contributed by atoms with van der Waals surface area (Å²) in [4.78, 5) is 12.8. The molecule has 3 aromatic rings. The first kappa shape index (κ1) is 24.6. The van der Waals surface area contributed by atoms with Crippen LogP contribution >= 0.6 is 47.0 Å². The Morgan fingerprint density at radius 3 is 2.25 bits per heavy atom. The highest BCUT2D eigenvalue weighted by Crippen LogP contribution is 2.30. The van der Waals surface area contributed by atoms with Gasteiger partial charge in [-0.2, -0.15) is 0 Å². The predicted octanol–water partition coefficient (Wildman–Crippen LogP) is 6.11. The molecule has 32 heavy (non-hydrogen) atoms. The summed E-state index contributed by atoms with van der Waals surface area (Å²) in [6.45, 7) is 6.01. The number of carbonyl (C=O) groups excluding carboxylic acids is 1. The van der Waals surface area contributed by atoms with Gasteiger partial charge in [-0.1, -0.05) is 95.0 Å². The summed E-state index contributed by atoms with van der Waals surface area (Å²) in [5.74, 6) is -0.296. The third-order valence-corrected chi connectivity index (χ3v) is 5.93. The van der Waals surface area contributed by atoms with Gasteiger partial charge in [-0.3, -0.25) is 4.79 Å². The smallest absolute Gasteiger partial charge is 0.228 e. The van der Waals surface area contributed by atoms with Gasteiger partial charge >= 0.3 is 0 Å². The summed E-state index contributed by atoms with van der Waals surface area (Å²) in [6.07, 6.45) is -0.891. The summed E-state index contributed by atoms with van der Waals surface area (Å²) in [5, 5.41) is 11.1. The molecular formula is C24H24Cl3N3OS. The first-order valence-electron chi connectivity index (χ1n) is 10.0. The first-order chi connectivity index (χ1) is 15.0. The Labute approximate surface area is 208 Å². The van der Waals surface area contributed by atoms with E-state index in [1.165, 1.54) is 0 Å². The maximum Gasteiger partial charge on any atom is 0.228 e. The molecule has 3 rings (SSSR count). The van der Waals surface area contributed by atoms with Gasteiger partial charge in [0, 0.05) is 5.69 Å². The molecule has 0 spiro atoms. The third-order valence-electron chi connectivity index (χ3n) is 5.05. The van der Waals surface area contributed by atoms with Crippen LogP contribution in [0.3, 0.4) is 0 Å². The second kappa shape index (κ2) is 10.3. The second-order valence-electron chi connectivity index (χ2n) is 7.73. The normalized spacial score (nSPS) is 12.3. The molecule has 3 N–H and O–H groups in total. The minimum atomic E-state index is -1.82. The molecule has 0 aliphatic carbocycles. The van der Waals surface area contributed by atoms with Gasteiger partial charge in [0.05, 0.1) is 6.42 Å². The van der Waals surface area contributed by atoms with Gasteiger partial charge in [-0.25, -0.2) is 0 Å². The number of anilines is 1. The highest BCUT2D eigenvalue weighted by molar-refractivity contribution is 7.80. The van der Waals surface area contributed by atoms with Gasteiger partial charge in [0.15, 0.2) is 5.11 Å². The van der Waals surface area contributed by atoms with Gasteiger partial charge in [-0.05, 0) is 60.5 Å². The van der Waals surface area contributed by atoms with Crippen molar-refractivity contribution >= 4 is 74.5 Å². The third kappa shape index (κ3) is 6.26. The van der Waals surface area contributed by atoms with Crippen LogP contribution in [0, 0.1) is 20.8 Å². The van der Waals surface area contributed by atoms with Crippen molar-refractivity contribution in [3.63, 3.8) is 0 Å². The maximum atomic E-state index is 12.8. The molecule has 0 fully saturated rings. The second-order valence-corrected chi connectivity index (χ2v) is 10.5. The molecule has 1 atom stereocenters. The molecule has 0 saturated carbocycles. The number of fused-ring (bicyclic) bond motifs is 1. The maximum absolute atomic E-state index is 12.8. The van der Waals surface area contributed by atoms with E-state index >= 15 is 0 Å². The van der Waals surface area contributed by atoms with Crippen LogP contribution in [0.15, 0.2) is 54.6 Å². The van der Waals surface area contributed by atoms with E-state index in [9.17, 15) is 4.79 Å². The van der Waals surface area contributed by atoms with E-state index in [-0.39, 0.29) is 17.4 Å². The standard InChI is InChI=1S/C24H24Cl3N3OS/c1-14-11-15(2)21(16(3)12-14)29-23(32)30-22(24(25,26)27)28-20(31)13-18-9-6-8-17-7-4-5-10-19(17)18/h4-12,22H,13H2,1-3H3,(H,28,31)(H2,29,30,32). The number of hydrogen-bond acceptors (Lipinski definition) is 2. The van der Waals surface area contributed by atoms with Crippen molar-refractivity contribution in [3.8, 4) is 0 Å². The van der Waals surface area contributed by atoms with E-state index in [0.29, 0.717) is 0 Å². The van der Waals surface area contributed by atoms with Crippen molar-refractivity contribution in [3.05, 3.63) is 76.9 Å². The van der Waals surface area contributed by atoms with Crippen LogP contribution in [0.25, 0.3) is 10.8 Å². The lowest BCUT2D eigenvalue weighted by Gasteiger charge is -2.28. The summed E-state index contributed by atoms with van der Waals surface area (Å²) >= 11 is 23.8. The number of hydrogen-bond donors (Lipinski definition) is 3. The van der Waals surface area contributed by atoms with Gasteiger partial charge in [0.25, 0.3) is 0 Å². The Bertz CT molecular complexity index is 1130. The molecule has 0 saturated heterocycles. The average Bonchev–Trinajstić information content (AvgIpc) is 2.70. The van der Waals surface area contributed by atoms with Gasteiger partial charge in [0.1, 0.15) is 6.17 Å². The first-order valence-corrected chi connectivity index (χ1v) is 11.6. The van der Waals surface area contributed by atoms with Crippen molar-refractivity contribution < 1.29 is 4.79 Å². The molecule has 0 aliphatic heterocycles. The van der Waals surface area contributed by atoms with Gasteiger partial charge in [-0.15, -0.1) is 0 Å². The zero-order valence-electron chi connectivity index (χ0n) is 17.9. The largest absolute Gasteiger partial charge is 0.339 e. The fraction of sp³-hybridized carbons (Fsp3) is 0.250. The van der Waals surface area contributed by atoms with E-state index in [1.54, 1.807) is 0 Å². The molecule has 8 heteroatoms. The van der Waals surface area contributed by atoms with Crippen LogP contribution in [0.4, 0.5) is 5.69 Å². The number of thiocarbonyl (C=S) groups is 1. The van der Waals surface area contributed by atoms with Crippen LogP contribution in [0.2, 0.25) is 0 Å². The lowest BCUT2D eigenvalue weighted by Crippen LogP contribution is -2.56. The molecular weight excluding hydrogens is 485 g/mol. The van der Waals surface area contributed by atoms with Crippen LogP contribution in [-0.2, 0) is 11.2 Å². The molecule has 0 radical (unpaired) electrons. The SMILES string of the molecule is Cc1cc(C)c(NC(=S)NC(NC(=O)Cc2cccc3ccccc23)C(Cl)(Cl)Cl)c(C)c1. The van der Waals surface area contributed by atoms with E-state index in [0.717, 1.165) is 38.7 Å². The molecule has 1 amide bonds. The summed E-state index contributed by atoms with van der Waals surface area (Å²) < 4.78 is -1.82. The number of alkyl halides is 3. The van der Waals surface area contributed by atoms with Crippen LogP contribution in [0.5, 0.6) is 0 Å². The van der Waals surface area contributed by atoms with E-state index in [4.69, 9.17) is 47.0 Å². The number of aryl methyl sites for hydroxylation is 3. The Kier molecular flexibility index (Phi) is 7.88. The Hall–Kier alpha value is -2.05. The lowest BCUT2D eigenvalue weighted by molar-refractivity contribution is -0.121. The summed E-state index contributed by atoms with van der Waals surface area (Å²) in [6, 6.07) is 17.8. The number of halogens is 3. The molecule has 0 heterocycles. The zero-order valence-corrected chi connectivity index (χ0v) is 21.0. The molecule has 0 aromatic heterocycles. The lowest BCUT2D eigenvalue weighted by atomic mass is 10.0. The van der Waals surface area contributed by atoms with Gasteiger partial charge in [0.2, 0.25) is 9.70 Å². The van der Waals surface area contributed by atoms with Gasteiger partial charge < -0.3 is 16.0 Å². The van der Waals surface area contributed by atoms with E-state index in [1.807, 2.05) is 63.2 Å².